The summed E-state index contributed by atoms with van der Waals surface area (Å²) in [6.07, 6.45) is 0.122. The van der Waals surface area contributed by atoms with Gasteiger partial charge in [0.05, 0.1) is 32.8 Å². The summed E-state index contributed by atoms with van der Waals surface area (Å²) in [5.74, 6) is -0.881. The van der Waals surface area contributed by atoms with E-state index in [9.17, 15) is 9.36 Å². The number of nitrogens with zero attached hydrogens (tertiary/aromatic N) is 1. The molecule has 1 unspecified atom stereocenters. The van der Waals surface area contributed by atoms with Gasteiger partial charge in [-0.1, -0.05) is 20.8 Å². The summed E-state index contributed by atoms with van der Waals surface area (Å²) in [6, 6.07) is 0. The van der Waals surface area contributed by atoms with Gasteiger partial charge in [0.1, 0.15) is 5.78 Å². The molecule has 1 amide bonds. The normalized spacial score (nSPS) is 14.4. The SMILES string of the molecule is CCOP(=O)(OCC)C(N(OCCC(=O)NCCO)C(C)(C)C)C(C)(C)C. The minimum atomic E-state index is -3.52. The van der Waals surface area contributed by atoms with Crippen molar-refractivity contribution in [3.63, 3.8) is 0 Å². The maximum Gasteiger partial charge on any atom is 0.350 e. The standard InChI is InChI=1S/C18H39N2O6P/c1-9-25-27(23,26-10-2)16(17(3,4)5)20(18(6,7)8)24-14-11-15(22)19-12-13-21/h16,21H,9-14H2,1-8H3,(H,19,22). The van der Waals surface area contributed by atoms with Crippen LogP contribution in [0.2, 0.25) is 0 Å². The first-order chi connectivity index (χ1) is 12.3. The second-order valence-electron chi connectivity index (χ2n) is 8.27. The minimum absolute atomic E-state index is 0.110. The number of aliphatic hydroxyl groups is 1. The molecule has 27 heavy (non-hydrogen) atoms. The van der Waals surface area contributed by atoms with Crippen LogP contribution in [-0.2, 0) is 23.2 Å². The Morgan fingerprint density at radius 3 is 2.00 bits per heavy atom. The zero-order chi connectivity index (χ0) is 21.3. The van der Waals surface area contributed by atoms with E-state index in [1.807, 2.05) is 41.5 Å². The maximum atomic E-state index is 13.6. The quantitative estimate of drug-likeness (QED) is 0.377. The van der Waals surface area contributed by atoms with Crippen LogP contribution in [0.4, 0.5) is 0 Å². The van der Waals surface area contributed by atoms with E-state index < -0.39 is 24.3 Å². The highest BCUT2D eigenvalue weighted by Gasteiger charge is 2.51. The molecule has 0 rings (SSSR count). The monoisotopic (exact) mass is 410 g/mol. The molecule has 9 heteroatoms. The number of hydrogen-bond donors (Lipinski definition) is 2. The Balaban J connectivity index is 5.60. The topological polar surface area (TPSA) is 97.3 Å². The summed E-state index contributed by atoms with van der Waals surface area (Å²) in [5.41, 5.74) is -0.990. The van der Waals surface area contributed by atoms with Crippen molar-refractivity contribution in [3.8, 4) is 0 Å². The fraction of sp³-hybridized carbons (Fsp3) is 0.944. The van der Waals surface area contributed by atoms with Crippen molar-refractivity contribution in [1.29, 1.82) is 0 Å². The molecule has 0 aliphatic carbocycles. The van der Waals surface area contributed by atoms with E-state index in [0.29, 0.717) is 0 Å². The molecule has 1 atom stereocenters. The van der Waals surface area contributed by atoms with Crippen LogP contribution in [0.5, 0.6) is 0 Å². The van der Waals surface area contributed by atoms with Crippen molar-refractivity contribution in [2.45, 2.75) is 73.1 Å². The summed E-state index contributed by atoms with van der Waals surface area (Å²) in [7, 11) is -3.52. The summed E-state index contributed by atoms with van der Waals surface area (Å²) in [4.78, 5) is 17.7. The molecule has 2 N–H and O–H groups in total. The zero-order valence-corrected chi connectivity index (χ0v) is 19.1. The van der Waals surface area contributed by atoms with Crippen LogP contribution in [-0.4, -0.2) is 60.4 Å². The Labute approximate surface area is 164 Å². The van der Waals surface area contributed by atoms with E-state index in [4.69, 9.17) is 19.0 Å². The van der Waals surface area contributed by atoms with E-state index >= 15 is 0 Å². The first-order valence-corrected chi connectivity index (χ1v) is 11.1. The van der Waals surface area contributed by atoms with Gasteiger partial charge in [-0.3, -0.25) is 14.2 Å². The molecule has 0 saturated carbocycles. The van der Waals surface area contributed by atoms with Crippen molar-refractivity contribution in [2.24, 2.45) is 5.41 Å². The molecule has 0 saturated heterocycles. The molecule has 162 valence electrons. The summed E-state index contributed by atoms with van der Waals surface area (Å²) in [5, 5.41) is 13.0. The van der Waals surface area contributed by atoms with Crippen LogP contribution in [0.25, 0.3) is 0 Å². The number of nitrogens with one attached hydrogen (secondary N) is 1. The zero-order valence-electron chi connectivity index (χ0n) is 18.2. The van der Waals surface area contributed by atoms with Gasteiger partial charge in [-0.05, 0) is 40.0 Å². The van der Waals surface area contributed by atoms with Crippen molar-refractivity contribution in [1.82, 2.24) is 10.4 Å². The van der Waals surface area contributed by atoms with Crippen molar-refractivity contribution >= 4 is 13.5 Å². The van der Waals surface area contributed by atoms with E-state index in [1.54, 1.807) is 18.9 Å². The Kier molecular flexibility index (Phi) is 11.3. The van der Waals surface area contributed by atoms with Gasteiger partial charge in [0.2, 0.25) is 5.91 Å². The summed E-state index contributed by atoms with van der Waals surface area (Å²) >= 11 is 0. The fourth-order valence-electron chi connectivity index (χ4n) is 2.64. The number of rotatable bonds is 12. The molecule has 0 fully saturated rings. The molecule has 0 radical (unpaired) electrons. The smallest absolute Gasteiger partial charge is 0.350 e. The molecule has 8 nitrogen and oxygen atoms in total. The molecular weight excluding hydrogens is 371 g/mol. The second kappa shape index (κ2) is 11.5. The van der Waals surface area contributed by atoms with Gasteiger partial charge >= 0.3 is 7.60 Å². The Bertz CT molecular complexity index is 477. The molecule has 0 aromatic rings. The van der Waals surface area contributed by atoms with E-state index in [1.165, 1.54) is 0 Å². The predicted octanol–water partition coefficient (Wildman–Crippen LogP) is 3.16. The maximum absolute atomic E-state index is 13.6. The molecule has 0 spiro atoms. The van der Waals surface area contributed by atoms with Gasteiger partial charge in [0, 0.05) is 12.1 Å². The van der Waals surface area contributed by atoms with E-state index in [-0.39, 0.29) is 45.3 Å². The highest BCUT2D eigenvalue weighted by atomic mass is 31.2. The van der Waals surface area contributed by atoms with Crippen molar-refractivity contribution in [3.05, 3.63) is 0 Å². The lowest BCUT2D eigenvalue weighted by atomic mass is 9.94. The van der Waals surface area contributed by atoms with Gasteiger partial charge < -0.3 is 19.5 Å². The molecule has 0 aliphatic rings. The summed E-state index contributed by atoms with van der Waals surface area (Å²) in [6.45, 7) is 16.0. The lowest BCUT2D eigenvalue weighted by Gasteiger charge is -2.47. The average Bonchev–Trinajstić information content (AvgIpc) is 2.50. The minimum Gasteiger partial charge on any atom is -0.395 e. The first-order valence-electron chi connectivity index (χ1n) is 9.52. The third-order valence-electron chi connectivity index (χ3n) is 3.57. The van der Waals surface area contributed by atoms with Crippen LogP contribution >= 0.6 is 7.60 Å². The predicted molar refractivity (Wildman–Crippen MR) is 106 cm³/mol. The number of hydrogen-bond acceptors (Lipinski definition) is 7. The van der Waals surface area contributed by atoms with Crippen LogP contribution < -0.4 is 5.32 Å². The highest BCUT2D eigenvalue weighted by Crippen LogP contribution is 2.60. The van der Waals surface area contributed by atoms with Crippen LogP contribution in [0.3, 0.4) is 0 Å². The molecule has 0 aliphatic heterocycles. The van der Waals surface area contributed by atoms with E-state index in [0.717, 1.165) is 0 Å². The van der Waals surface area contributed by atoms with Crippen molar-refractivity contribution < 1.29 is 28.4 Å². The fourth-order valence-corrected chi connectivity index (χ4v) is 5.34. The first kappa shape index (κ1) is 26.5. The van der Waals surface area contributed by atoms with Crippen LogP contribution in [0.1, 0.15) is 61.8 Å². The van der Waals surface area contributed by atoms with Gasteiger partial charge in [0.25, 0.3) is 0 Å². The lowest BCUT2D eigenvalue weighted by Crippen LogP contribution is -2.53. The Hall–Kier alpha value is -0.500. The number of carbonyl (C=O) groups is 1. The highest BCUT2D eigenvalue weighted by molar-refractivity contribution is 7.54. The Morgan fingerprint density at radius 1 is 1.11 bits per heavy atom. The largest absolute Gasteiger partial charge is 0.395 e. The third kappa shape index (κ3) is 9.03. The van der Waals surface area contributed by atoms with Crippen LogP contribution in [0.15, 0.2) is 0 Å². The molecule has 0 bridgehead atoms. The number of amides is 1. The van der Waals surface area contributed by atoms with Crippen LogP contribution in [0, 0.1) is 5.41 Å². The second-order valence-corrected chi connectivity index (χ2v) is 10.4. The Morgan fingerprint density at radius 2 is 1.63 bits per heavy atom. The summed E-state index contributed by atoms with van der Waals surface area (Å²) < 4.78 is 24.9. The van der Waals surface area contributed by atoms with Gasteiger partial charge in [0.15, 0.2) is 0 Å². The van der Waals surface area contributed by atoms with E-state index in [2.05, 4.69) is 5.32 Å². The molecule has 0 aromatic carbocycles. The number of hydroxylamine groups is 2. The molecular formula is C18H39N2O6P. The molecule has 0 heterocycles. The average molecular weight is 410 g/mol. The molecule has 0 aromatic heterocycles. The van der Waals surface area contributed by atoms with Gasteiger partial charge in [-0.25, -0.2) is 0 Å². The number of aliphatic hydroxyl groups excluding tert-OH is 1. The third-order valence-corrected chi connectivity index (χ3v) is 6.39. The lowest BCUT2D eigenvalue weighted by molar-refractivity contribution is -0.237. The van der Waals surface area contributed by atoms with Gasteiger partial charge in [-0.15, -0.1) is 0 Å². The van der Waals surface area contributed by atoms with Crippen molar-refractivity contribution in [2.75, 3.05) is 33.0 Å². The van der Waals surface area contributed by atoms with Gasteiger partial charge in [-0.2, -0.15) is 5.06 Å². The number of carbonyl (C=O) groups excluding carboxylic acids is 1.